The van der Waals surface area contributed by atoms with Gasteiger partial charge in [0.25, 0.3) is 0 Å². The predicted molar refractivity (Wildman–Crippen MR) is 68.5 cm³/mol. The summed E-state index contributed by atoms with van der Waals surface area (Å²) in [5.41, 5.74) is 7.61. The lowest BCUT2D eigenvalue weighted by Gasteiger charge is -2.16. The summed E-state index contributed by atoms with van der Waals surface area (Å²) < 4.78 is 12.8. The van der Waals surface area contributed by atoms with Crippen molar-refractivity contribution in [3.05, 3.63) is 47.3 Å². The minimum atomic E-state index is -0.367. The van der Waals surface area contributed by atoms with Crippen LogP contribution in [0, 0.1) is 5.82 Å². The zero-order valence-corrected chi connectivity index (χ0v) is 10.2. The highest BCUT2D eigenvalue weighted by Crippen LogP contribution is 2.18. The summed E-state index contributed by atoms with van der Waals surface area (Å²) in [5, 5.41) is 3.16. The van der Waals surface area contributed by atoms with Crippen molar-refractivity contribution in [1.29, 1.82) is 0 Å². The number of hydrogen-bond donors (Lipinski definition) is 2. The fraction of sp³-hybridized carbons (Fsp3) is 0.357. The first kappa shape index (κ1) is 12.9. The van der Waals surface area contributed by atoms with Crippen LogP contribution < -0.4 is 11.1 Å². The van der Waals surface area contributed by atoms with Crippen LogP contribution in [0.15, 0.2) is 35.9 Å². The molecule has 1 aromatic carbocycles. The third-order valence-electron chi connectivity index (χ3n) is 3.13. The zero-order valence-electron chi connectivity index (χ0n) is 10.2. The van der Waals surface area contributed by atoms with Crippen LogP contribution in [-0.2, 0) is 4.79 Å². The van der Waals surface area contributed by atoms with Crippen LogP contribution in [-0.4, -0.2) is 18.9 Å². The number of hydrogen-bond acceptors (Lipinski definition) is 3. The molecule has 1 aromatic rings. The average Bonchev–Trinajstić information content (AvgIpc) is 2.40. The lowest BCUT2D eigenvalue weighted by Crippen LogP contribution is -2.25. The molecular formula is C14H17FN2O. The number of ketones is 1. The molecule has 0 saturated carbocycles. The Hall–Kier alpha value is -1.52. The molecule has 2 rings (SSSR count). The van der Waals surface area contributed by atoms with Crippen LogP contribution in [0.25, 0.3) is 0 Å². The lowest BCUT2D eigenvalue weighted by molar-refractivity contribution is -0.116. The lowest BCUT2D eigenvalue weighted by atomic mass is 9.96. The Labute approximate surface area is 106 Å². The molecule has 1 aliphatic rings. The molecule has 96 valence electrons. The fourth-order valence-corrected chi connectivity index (χ4v) is 2.03. The Morgan fingerprint density at radius 3 is 2.72 bits per heavy atom. The summed E-state index contributed by atoms with van der Waals surface area (Å²) in [6.45, 7) is 1.58. The molecule has 0 saturated heterocycles. The van der Waals surface area contributed by atoms with Crippen molar-refractivity contribution in [3.8, 4) is 0 Å². The number of nitrogens with two attached hydrogens (primary N) is 1. The van der Waals surface area contributed by atoms with E-state index in [9.17, 15) is 9.18 Å². The molecule has 0 amide bonds. The monoisotopic (exact) mass is 248 g/mol. The summed E-state index contributed by atoms with van der Waals surface area (Å²) in [5.74, 6) is -0.202. The van der Waals surface area contributed by atoms with Gasteiger partial charge in [0, 0.05) is 19.0 Å². The maximum absolute atomic E-state index is 12.8. The number of rotatable bonds is 4. The van der Waals surface area contributed by atoms with Gasteiger partial charge in [-0.2, -0.15) is 0 Å². The van der Waals surface area contributed by atoms with E-state index in [2.05, 4.69) is 5.32 Å². The largest absolute Gasteiger partial charge is 0.324 e. The standard InChI is InChI=1S/C14H17FN2O/c15-12-3-1-10(2-4-12)13(16)9-14(18)11-5-7-17-8-6-11/h1-5,13,17H,6-9,16H2/t13-/m1/s1. The van der Waals surface area contributed by atoms with Crippen LogP contribution in [0.2, 0.25) is 0 Å². The van der Waals surface area contributed by atoms with Gasteiger partial charge in [-0.3, -0.25) is 4.79 Å². The SMILES string of the molecule is N[C@H](CC(=O)C1=CCNCC1)c1ccc(F)cc1. The molecule has 0 bridgehead atoms. The molecule has 1 heterocycles. The molecule has 0 aromatic heterocycles. The topological polar surface area (TPSA) is 55.1 Å². The highest BCUT2D eigenvalue weighted by molar-refractivity contribution is 5.95. The first-order valence-corrected chi connectivity index (χ1v) is 6.11. The first-order valence-electron chi connectivity index (χ1n) is 6.11. The Bertz CT molecular complexity index is 453. The van der Waals surface area contributed by atoms with Crippen molar-refractivity contribution >= 4 is 5.78 Å². The number of benzene rings is 1. The molecule has 1 atom stereocenters. The normalized spacial score (nSPS) is 17.1. The molecule has 1 aliphatic heterocycles. The second-order valence-corrected chi connectivity index (χ2v) is 4.47. The molecule has 3 nitrogen and oxygen atoms in total. The van der Waals surface area contributed by atoms with Gasteiger partial charge in [-0.25, -0.2) is 4.39 Å². The molecule has 0 unspecified atom stereocenters. The van der Waals surface area contributed by atoms with Gasteiger partial charge in [-0.1, -0.05) is 18.2 Å². The second kappa shape index (κ2) is 5.89. The number of carbonyl (C=O) groups excluding carboxylic acids is 1. The molecule has 0 aliphatic carbocycles. The predicted octanol–water partition coefficient (Wildman–Crippen LogP) is 1.70. The van der Waals surface area contributed by atoms with Crippen molar-refractivity contribution in [2.75, 3.05) is 13.1 Å². The summed E-state index contributed by atoms with van der Waals surface area (Å²) in [7, 11) is 0. The minimum Gasteiger partial charge on any atom is -0.324 e. The first-order chi connectivity index (χ1) is 8.66. The van der Waals surface area contributed by atoms with E-state index in [1.165, 1.54) is 12.1 Å². The zero-order chi connectivity index (χ0) is 13.0. The van der Waals surface area contributed by atoms with Crippen molar-refractivity contribution < 1.29 is 9.18 Å². The van der Waals surface area contributed by atoms with E-state index in [4.69, 9.17) is 5.73 Å². The van der Waals surface area contributed by atoms with E-state index in [0.717, 1.165) is 30.6 Å². The Morgan fingerprint density at radius 2 is 2.11 bits per heavy atom. The fourth-order valence-electron chi connectivity index (χ4n) is 2.03. The highest BCUT2D eigenvalue weighted by Gasteiger charge is 2.16. The number of nitrogens with one attached hydrogen (secondary N) is 1. The highest BCUT2D eigenvalue weighted by atomic mass is 19.1. The van der Waals surface area contributed by atoms with Crippen molar-refractivity contribution in [2.45, 2.75) is 18.9 Å². The van der Waals surface area contributed by atoms with Crippen LogP contribution in [0.3, 0.4) is 0 Å². The molecule has 4 heteroatoms. The van der Waals surface area contributed by atoms with Crippen LogP contribution in [0.1, 0.15) is 24.4 Å². The van der Waals surface area contributed by atoms with Crippen LogP contribution in [0.5, 0.6) is 0 Å². The number of halogens is 1. The third kappa shape index (κ3) is 3.24. The van der Waals surface area contributed by atoms with Crippen molar-refractivity contribution in [3.63, 3.8) is 0 Å². The van der Waals surface area contributed by atoms with E-state index in [-0.39, 0.29) is 24.1 Å². The summed E-state index contributed by atoms with van der Waals surface area (Å²) in [4.78, 5) is 12.0. The van der Waals surface area contributed by atoms with Gasteiger partial charge in [0.05, 0.1) is 0 Å². The van der Waals surface area contributed by atoms with Gasteiger partial charge < -0.3 is 11.1 Å². The smallest absolute Gasteiger partial charge is 0.160 e. The summed E-state index contributed by atoms with van der Waals surface area (Å²) in [6.07, 6.45) is 2.95. The van der Waals surface area contributed by atoms with Gasteiger partial charge in [-0.05, 0) is 36.2 Å². The van der Waals surface area contributed by atoms with Crippen molar-refractivity contribution in [1.82, 2.24) is 5.32 Å². The Morgan fingerprint density at radius 1 is 1.39 bits per heavy atom. The van der Waals surface area contributed by atoms with E-state index in [0.29, 0.717) is 0 Å². The molecule has 18 heavy (non-hydrogen) atoms. The maximum atomic E-state index is 12.8. The van der Waals surface area contributed by atoms with E-state index in [1.54, 1.807) is 12.1 Å². The molecule has 0 radical (unpaired) electrons. The summed E-state index contributed by atoms with van der Waals surface area (Å²) >= 11 is 0. The Kier molecular flexibility index (Phi) is 4.23. The van der Waals surface area contributed by atoms with E-state index < -0.39 is 0 Å². The van der Waals surface area contributed by atoms with E-state index >= 15 is 0 Å². The summed E-state index contributed by atoms with van der Waals surface area (Å²) in [6, 6.07) is 5.62. The molecular weight excluding hydrogens is 231 g/mol. The van der Waals surface area contributed by atoms with Crippen molar-refractivity contribution in [2.24, 2.45) is 5.73 Å². The minimum absolute atomic E-state index is 0.0910. The molecule has 0 spiro atoms. The average molecular weight is 248 g/mol. The Balaban J connectivity index is 1.98. The van der Waals surface area contributed by atoms with Gasteiger partial charge >= 0.3 is 0 Å². The number of carbonyl (C=O) groups is 1. The second-order valence-electron chi connectivity index (χ2n) is 4.47. The van der Waals surface area contributed by atoms with Crippen LogP contribution in [0.4, 0.5) is 4.39 Å². The third-order valence-corrected chi connectivity index (χ3v) is 3.13. The van der Waals surface area contributed by atoms with Crippen LogP contribution >= 0.6 is 0 Å². The van der Waals surface area contributed by atoms with Gasteiger partial charge in [0.15, 0.2) is 5.78 Å². The van der Waals surface area contributed by atoms with Gasteiger partial charge in [0.2, 0.25) is 0 Å². The molecule has 3 N–H and O–H groups in total. The van der Waals surface area contributed by atoms with Gasteiger partial charge in [0.1, 0.15) is 5.82 Å². The maximum Gasteiger partial charge on any atom is 0.160 e. The van der Waals surface area contributed by atoms with E-state index in [1.807, 2.05) is 6.08 Å². The number of Topliss-reactive ketones (excluding diaryl/α,β-unsaturated/α-hetero) is 1. The van der Waals surface area contributed by atoms with Gasteiger partial charge in [-0.15, -0.1) is 0 Å². The quantitative estimate of drug-likeness (QED) is 0.852. The molecule has 0 fully saturated rings.